The highest BCUT2D eigenvalue weighted by atomic mass is 19.4. The number of alkyl halides is 3. The smallest absolute Gasteiger partial charge is 0.420 e. The van der Waals surface area contributed by atoms with Crippen molar-refractivity contribution < 1.29 is 23.0 Å². The Kier molecular flexibility index (Phi) is 6.32. The fraction of sp³-hybridized carbons (Fsp3) is 0.500. The molecule has 0 aliphatic carbocycles. The van der Waals surface area contributed by atoms with E-state index in [1.54, 1.807) is 6.07 Å². The second-order valence-corrected chi connectivity index (χ2v) is 4.31. The Hall–Kier alpha value is -1.74. The summed E-state index contributed by atoms with van der Waals surface area (Å²) in [6, 6.07) is 4.95. The van der Waals surface area contributed by atoms with E-state index >= 15 is 0 Å². The third-order valence-corrected chi connectivity index (χ3v) is 2.72. The van der Waals surface area contributed by atoms with Crippen molar-refractivity contribution in [2.75, 3.05) is 13.2 Å². The van der Waals surface area contributed by atoms with Gasteiger partial charge in [0.25, 0.3) is 0 Å². The lowest BCUT2D eigenvalue weighted by Crippen LogP contribution is -2.10. The predicted molar refractivity (Wildman–Crippen MR) is 67.2 cm³/mol. The molecule has 0 aromatic heterocycles. The van der Waals surface area contributed by atoms with E-state index in [2.05, 4.69) is 0 Å². The van der Waals surface area contributed by atoms with Crippen LogP contribution in [0, 0.1) is 11.3 Å². The summed E-state index contributed by atoms with van der Waals surface area (Å²) in [6.45, 7) is 0.301. The van der Waals surface area contributed by atoms with Crippen molar-refractivity contribution in [3.8, 4) is 11.8 Å². The summed E-state index contributed by atoms with van der Waals surface area (Å²) in [5.74, 6) is -0.251. The number of unbranched alkanes of at least 4 members (excludes halogenated alkanes) is 3. The van der Waals surface area contributed by atoms with Crippen molar-refractivity contribution in [1.29, 1.82) is 5.26 Å². The number of rotatable bonds is 7. The molecule has 0 saturated carbocycles. The number of hydrogen-bond donors (Lipinski definition) is 1. The molecule has 0 radical (unpaired) electrons. The Bertz CT molecular complexity index is 466. The van der Waals surface area contributed by atoms with E-state index in [-0.39, 0.29) is 24.5 Å². The van der Waals surface area contributed by atoms with Gasteiger partial charge >= 0.3 is 6.18 Å². The zero-order chi connectivity index (χ0) is 15.0. The van der Waals surface area contributed by atoms with Gasteiger partial charge in [0, 0.05) is 6.61 Å². The molecule has 0 atom stereocenters. The summed E-state index contributed by atoms with van der Waals surface area (Å²) in [6.07, 6.45) is -1.63. The van der Waals surface area contributed by atoms with Gasteiger partial charge < -0.3 is 9.84 Å². The molecule has 0 fully saturated rings. The van der Waals surface area contributed by atoms with Crippen LogP contribution in [0.2, 0.25) is 0 Å². The van der Waals surface area contributed by atoms with Crippen LogP contribution in [-0.2, 0) is 6.18 Å². The summed E-state index contributed by atoms with van der Waals surface area (Å²) in [4.78, 5) is 0. The third-order valence-electron chi connectivity index (χ3n) is 2.72. The number of nitriles is 1. The van der Waals surface area contributed by atoms with Crippen LogP contribution in [-0.4, -0.2) is 18.3 Å². The molecule has 0 saturated heterocycles. The molecule has 0 bridgehead atoms. The molecule has 20 heavy (non-hydrogen) atoms. The number of aliphatic hydroxyl groups is 1. The molecule has 1 aromatic carbocycles. The van der Waals surface area contributed by atoms with Crippen molar-refractivity contribution in [2.24, 2.45) is 0 Å². The van der Waals surface area contributed by atoms with Crippen LogP contribution >= 0.6 is 0 Å². The Labute approximate surface area is 115 Å². The first kappa shape index (κ1) is 16.3. The summed E-state index contributed by atoms with van der Waals surface area (Å²) >= 11 is 0. The SMILES string of the molecule is N#Cc1ccc(OCCCCCCO)c(C(F)(F)F)c1. The number of nitrogens with zero attached hydrogens (tertiary/aromatic N) is 1. The van der Waals surface area contributed by atoms with Crippen molar-refractivity contribution in [3.05, 3.63) is 29.3 Å². The maximum Gasteiger partial charge on any atom is 0.420 e. The highest BCUT2D eigenvalue weighted by molar-refractivity contribution is 5.43. The van der Waals surface area contributed by atoms with E-state index in [0.29, 0.717) is 12.8 Å². The Morgan fingerprint density at radius 3 is 2.45 bits per heavy atom. The first-order valence-electron chi connectivity index (χ1n) is 6.34. The topological polar surface area (TPSA) is 53.2 Å². The van der Waals surface area contributed by atoms with Crippen LogP contribution in [0.4, 0.5) is 13.2 Å². The van der Waals surface area contributed by atoms with Crippen molar-refractivity contribution >= 4 is 0 Å². The lowest BCUT2D eigenvalue weighted by Gasteiger charge is -2.14. The minimum atomic E-state index is -4.54. The third kappa shape index (κ3) is 5.10. The van der Waals surface area contributed by atoms with E-state index in [1.807, 2.05) is 0 Å². The van der Waals surface area contributed by atoms with Crippen molar-refractivity contribution in [1.82, 2.24) is 0 Å². The Morgan fingerprint density at radius 1 is 1.15 bits per heavy atom. The van der Waals surface area contributed by atoms with E-state index in [0.717, 1.165) is 18.9 Å². The lowest BCUT2D eigenvalue weighted by molar-refractivity contribution is -0.139. The highest BCUT2D eigenvalue weighted by Gasteiger charge is 2.34. The number of halogens is 3. The van der Waals surface area contributed by atoms with E-state index in [4.69, 9.17) is 15.1 Å². The monoisotopic (exact) mass is 287 g/mol. The van der Waals surface area contributed by atoms with Crippen LogP contribution in [0.25, 0.3) is 0 Å². The first-order valence-corrected chi connectivity index (χ1v) is 6.34. The van der Waals surface area contributed by atoms with Gasteiger partial charge in [0.1, 0.15) is 5.75 Å². The second kappa shape index (κ2) is 7.75. The van der Waals surface area contributed by atoms with Gasteiger partial charge in [0.2, 0.25) is 0 Å². The average Bonchev–Trinajstić information content (AvgIpc) is 2.41. The largest absolute Gasteiger partial charge is 0.493 e. The molecule has 6 heteroatoms. The molecule has 0 spiro atoms. The average molecular weight is 287 g/mol. The number of hydrogen-bond acceptors (Lipinski definition) is 3. The van der Waals surface area contributed by atoms with Gasteiger partial charge in [-0.25, -0.2) is 0 Å². The summed E-state index contributed by atoms with van der Waals surface area (Å²) in [7, 11) is 0. The molecular formula is C14H16F3NO2. The zero-order valence-electron chi connectivity index (χ0n) is 10.9. The summed E-state index contributed by atoms with van der Waals surface area (Å²) < 4.78 is 43.6. The van der Waals surface area contributed by atoms with Crippen molar-refractivity contribution in [3.63, 3.8) is 0 Å². The van der Waals surface area contributed by atoms with Gasteiger partial charge in [-0.05, 0) is 37.5 Å². The van der Waals surface area contributed by atoms with Gasteiger partial charge in [0.05, 0.1) is 23.8 Å². The second-order valence-electron chi connectivity index (χ2n) is 4.31. The highest BCUT2D eigenvalue weighted by Crippen LogP contribution is 2.36. The number of ether oxygens (including phenoxy) is 1. The first-order chi connectivity index (χ1) is 9.49. The lowest BCUT2D eigenvalue weighted by atomic mass is 10.1. The molecule has 1 rings (SSSR count). The number of aliphatic hydroxyl groups excluding tert-OH is 1. The van der Waals surface area contributed by atoms with Crippen LogP contribution in [0.5, 0.6) is 5.75 Å². The van der Waals surface area contributed by atoms with Crippen LogP contribution in [0.15, 0.2) is 18.2 Å². The predicted octanol–water partition coefficient (Wildman–Crippen LogP) is 3.51. The summed E-state index contributed by atoms with van der Waals surface area (Å²) in [5.41, 5.74) is -0.973. The fourth-order valence-electron chi connectivity index (χ4n) is 1.70. The molecule has 0 aliphatic heterocycles. The Morgan fingerprint density at radius 2 is 1.85 bits per heavy atom. The molecule has 110 valence electrons. The quantitative estimate of drug-likeness (QED) is 0.781. The fourth-order valence-corrected chi connectivity index (χ4v) is 1.70. The minimum Gasteiger partial charge on any atom is -0.493 e. The minimum absolute atomic E-state index is 0.0485. The van der Waals surface area contributed by atoms with Gasteiger partial charge in [-0.2, -0.15) is 18.4 Å². The van der Waals surface area contributed by atoms with Crippen LogP contribution in [0.3, 0.4) is 0 Å². The standard InChI is InChI=1S/C14H16F3NO2/c15-14(16,17)12-9-11(10-18)5-6-13(12)20-8-4-2-1-3-7-19/h5-6,9,19H,1-4,7-8H2. The molecule has 0 unspecified atom stereocenters. The molecule has 1 aromatic rings. The van der Waals surface area contributed by atoms with Gasteiger partial charge in [-0.15, -0.1) is 0 Å². The summed E-state index contributed by atoms with van der Waals surface area (Å²) in [5, 5.41) is 17.2. The number of benzene rings is 1. The van der Waals surface area contributed by atoms with Gasteiger partial charge in [-0.1, -0.05) is 6.42 Å². The van der Waals surface area contributed by atoms with E-state index < -0.39 is 11.7 Å². The maximum absolute atomic E-state index is 12.8. The molecule has 0 heterocycles. The van der Waals surface area contributed by atoms with E-state index in [1.165, 1.54) is 12.1 Å². The maximum atomic E-state index is 12.8. The molecule has 0 aliphatic rings. The van der Waals surface area contributed by atoms with Gasteiger partial charge in [-0.3, -0.25) is 0 Å². The zero-order valence-corrected chi connectivity index (χ0v) is 10.9. The molecule has 1 N–H and O–H groups in total. The Balaban J connectivity index is 2.63. The van der Waals surface area contributed by atoms with Gasteiger partial charge in [0.15, 0.2) is 0 Å². The molecule has 3 nitrogen and oxygen atoms in total. The molecular weight excluding hydrogens is 271 g/mol. The van der Waals surface area contributed by atoms with Crippen LogP contribution < -0.4 is 4.74 Å². The van der Waals surface area contributed by atoms with Crippen LogP contribution in [0.1, 0.15) is 36.8 Å². The van der Waals surface area contributed by atoms with Crippen molar-refractivity contribution in [2.45, 2.75) is 31.9 Å². The molecule has 0 amide bonds. The van der Waals surface area contributed by atoms with E-state index in [9.17, 15) is 13.2 Å². The normalized spacial score (nSPS) is 11.2.